The molecule has 0 aromatic carbocycles. The van der Waals surface area contributed by atoms with Gasteiger partial charge in [0.2, 0.25) is 0 Å². The van der Waals surface area contributed by atoms with E-state index in [0.717, 1.165) is 26.1 Å². The van der Waals surface area contributed by atoms with Crippen LogP contribution in [0.5, 0.6) is 0 Å². The molecule has 1 aromatic heterocycles. The van der Waals surface area contributed by atoms with Crippen LogP contribution in [0.4, 0.5) is 0 Å². The highest BCUT2D eigenvalue weighted by Crippen LogP contribution is 2.21. The van der Waals surface area contributed by atoms with Crippen molar-refractivity contribution < 1.29 is 4.74 Å². The third kappa shape index (κ3) is 3.10. The van der Waals surface area contributed by atoms with E-state index in [4.69, 9.17) is 10.5 Å². The Bertz CT molecular complexity index is 360. The number of nitrogens with zero attached hydrogens (tertiary/aromatic N) is 3. The molecule has 0 saturated carbocycles. The first-order chi connectivity index (χ1) is 8.74. The van der Waals surface area contributed by atoms with E-state index in [9.17, 15) is 0 Å². The van der Waals surface area contributed by atoms with E-state index in [1.165, 1.54) is 12.0 Å². The third-order valence-electron chi connectivity index (χ3n) is 3.63. The van der Waals surface area contributed by atoms with Gasteiger partial charge in [0.25, 0.3) is 0 Å². The lowest BCUT2D eigenvalue weighted by atomic mass is 10.1. The van der Waals surface area contributed by atoms with Crippen LogP contribution in [0.2, 0.25) is 0 Å². The third-order valence-corrected chi connectivity index (χ3v) is 3.63. The van der Waals surface area contributed by atoms with Gasteiger partial charge in [0.1, 0.15) is 0 Å². The molecule has 1 aliphatic rings. The Balaban J connectivity index is 1.97. The van der Waals surface area contributed by atoms with Gasteiger partial charge >= 0.3 is 0 Å². The van der Waals surface area contributed by atoms with Gasteiger partial charge in [-0.25, -0.2) is 0 Å². The molecule has 0 aliphatic carbocycles. The average molecular weight is 252 g/mol. The van der Waals surface area contributed by atoms with Crippen LogP contribution < -0.4 is 5.73 Å². The van der Waals surface area contributed by atoms with Crippen LogP contribution in [0.3, 0.4) is 0 Å². The molecule has 2 N–H and O–H groups in total. The molecule has 2 rings (SSSR count). The van der Waals surface area contributed by atoms with Gasteiger partial charge in [-0.15, -0.1) is 0 Å². The number of likely N-dealkylation sites (N-methyl/N-ethyl adjacent to an activating group) is 1. The predicted molar refractivity (Wildman–Crippen MR) is 71.3 cm³/mol. The van der Waals surface area contributed by atoms with Crippen LogP contribution in [-0.2, 0) is 11.3 Å². The largest absolute Gasteiger partial charge is 0.377 e. The van der Waals surface area contributed by atoms with Crippen molar-refractivity contribution in [3.05, 3.63) is 18.0 Å². The van der Waals surface area contributed by atoms with E-state index < -0.39 is 0 Å². The van der Waals surface area contributed by atoms with Crippen molar-refractivity contribution in [2.24, 2.45) is 5.73 Å². The molecule has 2 unspecified atom stereocenters. The molecule has 18 heavy (non-hydrogen) atoms. The average Bonchev–Trinajstić information content (AvgIpc) is 3.01. The highest BCUT2D eigenvalue weighted by molar-refractivity contribution is 5.11. The van der Waals surface area contributed by atoms with Crippen molar-refractivity contribution in [3.63, 3.8) is 0 Å². The first kappa shape index (κ1) is 13.5. The summed E-state index contributed by atoms with van der Waals surface area (Å²) in [6.07, 6.45) is 6.72. The van der Waals surface area contributed by atoms with Gasteiger partial charge in [0, 0.05) is 44.0 Å². The summed E-state index contributed by atoms with van der Waals surface area (Å²) >= 11 is 0. The zero-order chi connectivity index (χ0) is 13.0. The molecular formula is C13H24N4O. The first-order valence-electron chi connectivity index (χ1n) is 6.78. The van der Waals surface area contributed by atoms with E-state index in [-0.39, 0.29) is 6.04 Å². The first-order valence-corrected chi connectivity index (χ1v) is 6.78. The number of nitrogens with two attached hydrogens (primary N) is 1. The Morgan fingerprint density at radius 2 is 2.50 bits per heavy atom. The minimum absolute atomic E-state index is 0.231. The predicted octanol–water partition coefficient (Wildman–Crippen LogP) is 1.01. The molecule has 102 valence electrons. The smallest absolute Gasteiger partial charge is 0.0702 e. The number of aryl methyl sites for hydroxylation is 1. The lowest BCUT2D eigenvalue weighted by Crippen LogP contribution is -2.35. The second-order valence-electron chi connectivity index (χ2n) is 4.96. The summed E-state index contributed by atoms with van der Waals surface area (Å²) in [4.78, 5) is 2.28. The fraction of sp³-hybridized carbons (Fsp3) is 0.769. The summed E-state index contributed by atoms with van der Waals surface area (Å²) in [5.41, 5.74) is 7.11. The van der Waals surface area contributed by atoms with Gasteiger partial charge in [-0.05, 0) is 26.8 Å². The summed E-state index contributed by atoms with van der Waals surface area (Å²) in [6, 6.07) is 0.231. The second kappa shape index (κ2) is 6.31. The molecule has 2 atom stereocenters. The van der Waals surface area contributed by atoms with Crippen molar-refractivity contribution in [2.75, 3.05) is 26.7 Å². The van der Waals surface area contributed by atoms with Crippen molar-refractivity contribution in [1.29, 1.82) is 0 Å². The molecule has 0 bridgehead atoms. The fourth-order valence-corrected chi connectivity index (χ4v) is 2.53. The van der Waals surface area contributed by atoms with Crippen LogP contribution in [0.15, 0.2) is 12.4 Å². The van der Waals surface area contributed by atoms with Gasteiger partial charge < -0.3 is 10.5 Å². The van der Waals surface area contributed by atoms with Crippen molar-refractivity contribution in [1.82, 2.24) is 14.7 Å². The minimum Gasteiger partial charge on any atom is -0.377 e. The number of hydrogen-bond donors (Lipinski definition) is 1. The Labute approximate surface area is 109 Å². The molecule has 1 aliphatic heterocycles. The maximum Gasteiger partial charge on any atom is 0.0702 e. The number of rotatable bonds is 6. The summed E-state index contributed by atoms with van der Waals surface area (Å²) in [7, 11) is 2.11. The molecule has 1 saturated heterocycles. The Morgan fingerprint density at radius 1 is 1.67 bits per heavy atom. The molecule has 1 aromatic rings. The number of ether oxygens (including phenoxy) is 1. The molecule has 2 heterocycles. The summed E-state index contributed by atoms with van der Waals surface area (Å²) in [5.74, 6) is 0. The highest BCUT2D eigenvalue weighted by atomic mass is 16.5. The van der Waals surface area contributed by atoms with Gasteiger partial charge in [0.05, 0.1) is 12.3 Å². The normalized spacial score (nSPS) is 21.7. The molecule has 0 amide bonds. The quantitative estimate of drug-likeness (QED) is 0.821. The standard InChI is InChI=1S/C13H24N4O/c1-3-17-9-11(8-15-17)13(7-14)16(2)10-12-5-4-6-18-12/h8-9,12-13H,3-7,10,14H2,1-2H3. The van der Waals surface area contributed by atoms with Crippen LogP contribution >= 0.6 is 0 Å². The Kier molecular flexibility index (Phi) is 4.74. The van der Waals surface area contributed by atoms with Crippen LogP contribution in [0, 0.1) is 0 Å². The van der Waals surface area contributed by atoms with Gasteiger partial charge in [-0.3, -0.25) is 9.58 Å². The van der Waals surface area contributed by atoms with Crippen molar-refractivity contribution >= 4 is 0 Å². The molecule has 0 radical (unpaired) electrons. The molecule has 1 fully saturated rings. The minimum atomic E-state index is 0.231. The molecule has 5 heteroatoms. The number of hydrogen-bond acceptors (Lipinski definition) is 4. The maximum atomic E-state index is 5.91. The zero-order valence-corrected chi connectivity index (χ0v) is 11.4. The van der Waals surface area contributed by atoms with Crippen LogP contribution in [-0.4, -0.2) is 47.5 Å². The van der Waals surface area contributed by atoms with Gasteiger partial charge in [-0.2, -0.15) is 5.10 Å². The number of aromatic nitrogens is 2. The van der Waals surface area contributed by atoms with E-state index in [2.05, 4.69) is 30.2 Å². The topological polar surface area (TPSA) is 56.3 Å². The van der Waals surface area contributed by atoms with Crippen LogP contribution in [0.25, 0.3) is 0 Å². The van der Waals surface area contributed by atoms with Gasteiger partial charge in [-0.1, -0.05) is 0 Å². The zero-order valence-electron chi connectivity index (χ0n) is 11.4. The fourth-order valence-electron chi connectivity index (χ4n) is 2.53. The van der Waals surface area contributed by atoms with Crippen LogP contribution in [0.1, 0.15) is 31.4 Å². The lowest BCUT2D eigenvalue weighted by molar-refractivity contribution is 0.0689. The highest BCUT2D eigenvalue weighted by Gasteiger charge is 2.23. The second-order valence-corrected chi connectivity index (χ2v) is 4.96. The maximum absolute atomic E-state index is 5.91. The van der Waals surface area contributed by atoms with E-state index in [1.54, 1.807) is 0 Å². The van der Waals surface area contributed by atoms with Gasteiger partial charge in [0.15, 0.2) is 0 Å². The Morgan fingerprint density at radius 3 is 3.06 bits per heavy atom. The summed E-state index contributed by atoms with van der Waals surface area (Å²) in [6.45, 7) is 5.44. The molecule has 0 spiro atoms. The monoisotopic (exact) mass is 252 g/mol. The van der Waals surface area contributed by atoms with E-state index in [1.807, 2.05) is 10.9 Å². The molecular weight excluding hydrogens is 228 g/mol. The van der Waals surface area contributed by atoms with Crippen molar-refractivity contribution in [2.45, 2.75) is 38.5 Å². The van der Waals surface area contributed by atoms with E-state index >= 15 is 0 Å². The molecule has 5 nitrogen and oxygen atoms in total. The SMILES string of the molecule is CCn1cc(C(CN)N(C)CC2CCCO2)cn1. The Hall–Kier alpha value is -0.910. The van der Waals surface area contributed by atoms with E-state index in [0.29, 0.717) is 12.6 Å². The van der Waals surface area contributed by atoms with Crippen molar-refractivity contribution in [3.8, 4) is 0 Å². The summed E-state index contributed by atoms with van der Waals surface area (Å²) in [5, 5.41) is 4.32. The lowest BCUT2D eigenvalue weighted by Gasteiger charge is -2.28. The summed E-state index contributed by atoms with van der Waals surface area (Å²) < 4.78 is 7.62.